The first-order valence-electron chi connectivity index (χ1n) is 12.7. The second-order valence-corrected chi connectivity index (χ2v) is 12.2. The topological polar surface area (TPSA) is 132 Å². The van der Waals surface area contributed by atoms with Crippen LogP contribution in [0.3, 0.4) is 0 Å². The summed E-state index contributed by atoms with van der Waals surface area (Å²) >= 11 is 0.981. The number of anilines is 3. The van der Waals surface area contributed by atoms with Gasteiger partial charge in [-0.2, -0.15) is 5.10 Å². The van der Waals surface area contributed by atoms with Crippen LogP contribution in [0.4, 0.5) is 21.8 Å². The molecule has 5 rings (SSSR count). The number of halogens is 1. The molecule has 1 fully saturated rings. The monoisotopic (exact) mass is 600 g/mol. The number of methoxy groups -OCH3 is 2. The third kappa shape index (κ3) is 6.72. The first kappa shape index (κ1) is 28.6. The summed E-state index contributed by atoms with van der Waals surface area (Å²) in [5, 5.41) is 10.5. The molecule has 0 amide bonds. The minimum Gasteiger partial charge on any atom is -0.497 e. The third-order valence-corrected chi connectivity index (χ3v) is 8.88. The zero-order valence-electron chi connectivity index (χ0n) is 22.7. The second kappa shape index (κ2) is 12.3. The highest BCUT2D eigenvalue weighted by Crippen LogP contribution is 2.39. The Morgan fingerprint density at radius 2 is 1.83 bits per heavy atom. The van der Waals surface area contributed by atoms with Gasteiger partial charge in [0, 0.05) is 24.8 Å². The highest BCUT2D eigenvalue weighted by molar-refractivity contribution is 7.99. The van der Waals surface area contributed by atoms with E-state index in [1.54, 1.807) is 24.3 Å². The number of hydrogen-bond donors (Lipinski definition) is 2. The molecule has 4 aromatic rings. The van der Waals surface area contributed by atoms with Gasteiger partial charge in [-0.15, -0.1) is 0 Å². The number of ether oxygens (including phenoxy) is 3. The van der Waals surface area contributed by atoms with E-state index in [0.717, 1.165) is 23.5 Å². The van der Waals surface area contributed by atoms with E-state index in [9.17, 15) is 8.42 Å². The van der Waals surface area contributed by atoms with Crippen molar-refractivity contribution in [2.75, 3.05) is 50.7 Å². The van der Waals surface area contributed by atoms with Gasteiger partial charge in [-0.25, -0.2) is 22.8 Å². The van der Waals surface area contributed by atoms with Gasteiger partial charge in [0.2, 0.25) is 5.75 Å². The Morgan fingerprint density at radius 1 is 1.07 bits per heavy atom. The number of sulfone groups is 1. The maximum Gasteiger partial charge on any atom is 0.204 e. The summed E-state index contributed by atoms with van der Waals surface area (Å²) in [5.41, 5.74) is 1.42. The number of benzene rings is 2. The molecule has 2 aromatic heterocycles. The molecule has 14 heteroatoms. The number of aromatic amines is 1. The Morgan fingerprint density at radius 3 is 2.46 bits per heavy atom. The van der Waals surface area contributed by atoms with Crippen LogP contribution in [-0.2, 0) is 20.3 Å². The summed E-state index contributed by atoms with van der Waals surface area (Å²) in [6.45, 7) is 4.11. The number of rotatable bonds is 10. The van der Waals surface area contributed by atoms with E-state index < -0.39 is 15.7 Å². The highest BCUT2D eigenvalue weighted by atomic mass is 32.2. The molecule has 0 radical (unpaired) electrons. The van der Waals surface area contributed by atoms with Gasteiger partial charge >= 0.3 is 0 Å². The Bertz CT molecular complexity index is 1630. The number of morpholine rings is 1. The molecule has 0 atom stereocenters. The van der Waals surface area contributed by atoms with Crippen LogP contribution in [0.25, 0.3) is 0 Å². The standard InChI is InChI=1S/C27H29FN6O5S2/c1-17-14-23(33-32-17)29-25-24(38-3)26(34-10-12-39-13-11-34)31-27(30-25)40-22-9-8-20(15-21(22)28)41(35,36)16-18-4-6-19(37-2)7-5-18/h4-9,14-15H,10-13,16H2,1-3H3,(H2,29,30,31,32,33). The van der Waals surface area contributed by atoms with Crippen molar-refractivity contribution in [2.45, 2.75) is 27.6 Å². The van der Waals surface area contributed by atoms with E-state index in [-0.39, 0.29) is 20.7 Å². The van der Waals surface area contributed by atoms with E-state index in [1.807, 2.05) is 17.9 Å². The summed E-state index contributed by atoms with van der Waals surface area (Å²) in [6.07, 6.45) is 0. The van der Waals surface area contributed by atoms with Gasteiger partial charge in [0.25, 0.3) is 0 Å². The molecule has 1 aliphatic rings. The Labute approximate surface area is 241 Å². The highest BCUT2D eigenvalue weighted by Gasteiger charge is 2.24. The quantitative estimate of drug-likeness (QED) is 0.252. The van der Waals surface area contributed by atoms with Crippen LogP contribution in [0.5, 0.6) is 11.5 Å². The van der Waals surface area contributed by atoms with Gasteiger partial charge < -0.3 is 24.4 Å². The zero-order valence-corrected chi connectivity index (χ0v) is 24.3. The van der Waals surface area contributed by atoms with Crippen molar-refractivity contribution in [3.63, 3.8) is 0 Å². The van der Waals surface area contributed by atoms with Crippen LogP contribution in [0.2, 0.25) is 0 Å². The van der Waals surface area contributed by atoms with Gasteiger partial charge in [-0.05, 0) is 54.6 Å². The van der Waals surface area contributed by atoms with Crippen LogP contribution in [0, 0.1) is 12.7 Å². The summed E-state index contributed by atoms with van der Waals surface area (Å²) in [4.78, 5) is 11.3. The fourth-order valence-corrected chi connectivity index (χ4v) is 6.33. The van der Waals surface area contributed by atoms with E-state index in [1.165, 1.54) is 26.4 Å². The number of nitrogens with one attached hydrogen (secondary N) is 2. The molecule has 0 saturated carbocycles. The van der Waals surface area contributed by atoms with Crippen LogP contribution >= 0.6 is 11.8 Å². The van der Waals surface area contributed by atoms with Crippen molar-refractivity contribution in [1.29, 1.82) is 0 Å². The molecular weight excluding hydrogens is 571 g/mol. The lowest BCUT2D eigenvalue weighted by Gasteiger charge is -2.29. The van der Waals surface area contributed by atoms with Crippen molar-refractivity contribution in [3.8, 4) is 11.5 Å². The van der Waals surface area contributed by atoms with Gasteiger partial charge in [-0.1, -0.05) is 12.1 Å². The number of hydrogen-bond acceptors (Lipinski definition) is 11. The largest absolute Gasteiger partial charge is 0.497 e. The summed E-state index contributed by atoms with van der Waals surface area (Å²) in [7, 11) is -0.728. The van der Waals surface area contributed by atoms with E-state index >= 15 is 4.39 Å². The van der Waals surface area contributed by atoms with Crippen molar-refractivity contribution in [2.24, 2.45) is 0 Å². The normalized spacial score (nSPS) is 13.7. The Kier molecular flexibility index (Phi) is 8.61. The van der Waals surface area contributed by atoms with Crippen LogP contribution in [0.1, 0.15) is 11.3 Å². The molecule has 0 bridgehead atoms. The molecule has 2 N–H and O–H groups in total. The van der Waals surface area contributed by atoms with Gasteiger partial charge in [-0.3, -0.25) is 5.10 Å². The Hall–Kier alpha value is -3.88. The fraction of sp³-hybridized carbons (Fsp3) is 0.296. The molecule has 0 aliphatic carbocycles. The predicted molar refractivity (Wildman–Crippen MR) is 153 cm³/mol. The average Bonchev–Trinajstić information content (AvgIpc) is 3.38. The van der Waals surface area contributed by atoms with Crippen molar-refractivity contribution >= 4 is 39.1 Å². The molecule has 1 saturated heterocycles. The summed E-state index contributed by atoms with van der Waals surface area (Å²) < 4.78 is 57.6. The minimum atomic E-state index is -3.79. The molecule has 1 aliphatic heterocycles. The first-order valence-corrected chi connectivity index (χ1v) is 15.1. The smallest absolute Gasteiger partial charge is 0.204 e. The number of aryl methyl sites for hydroxylation is 1. The molecule has 2 aromatic carbocycles. The van der Waals surface area contributed by atoms with Crippen molar-refractivity contribution in [1.82, 2.24) is 20.2 Å². The lowest BCUT2D eigenvalue weighted by Crippen LogP contribution is -2.37. The predicted octanol–water partition coefficient (Wildman–Crippen LogP) is 4.37. The van der Waals surface area contributed by atoms with Crippen LogP contribution in [0.15, 0.2) is 63.5 Å². The van der Waals surface area contributed by atoms with E-state index in [4.69, 9.17) is 14.2 Å². The molecule has 216 valence electrons. The van der Waals surface area contributed by atoms with Crippen molar-refractivity contribution in [3.05, 3.63) is 65.6 Å². The van der Waals surface area contributed by atoms with Crippen LogP contribution in [-0.4, -0.2) is 69.1 Å². The first-order chi connectivity index (χ1) is 19.8. The molecule has 3 heterocycles. The molecule has 0 spiro atoms. The number of aromatic nitrogens is 4. The second-order valence-electron chi connectivity index (χ2n) is 9.17. The molecular formula is C27H29FN6O5S2. The average molecular weight is 601 g/mol. The lowest BCUT2D eigenvalue weighted by atomic mass is 10.2. The van der Waals surface area contributed by atoms with Gasteiger partial charge in [0.05, 0.1) is 43.0 Å². The Balaban J connectivity index is 1.43. The number of nitrogens with zero attached hydrogens (tertiary/aromatic N) is 4. The van der Waals surface area contributed by atoms with Gasteiger partial charge in [0.1, 0.15) is 11.6 Å². The van der Waals surface area contributed by atoms with Gasteiger partial charge in [0.15, 0.2) is 32.4 Å². The van der Waals surface area contributed by atoms with E-state index in [0.29, 0.717) is 60.8 Å². The van der Waals surface area contributed by atoms with E-state index in [2.05, 4.69) is 25.5 Å². The minimum absolute atomic E-state index is 0.115. The SMILES string of the molecule is COc1ccc(CS(=O)(=O)c2ccc(Sc3nc(Nc4cc(C)[nH]n4)c(OC)c(N4CCOCC4)n3)c(F)c2)cc1. The van der Waals surface area contributed by atoms with Crippen LogP contribution < -0.4 is 19.7 Å². The summed E-state index contributed by atoms with van der Waals surface area (Å²) in [6, 6.07) is 12.4. The van der Waals surface area contributed by atoms with Crippen molar-refractivity contribution < 1.29 is 27.0 Å². The molecule has 0 unspecified atom stereocenters. The zero-order chi connectivity index (χ0) is 29.0. The lowest BCUT2D eigenvalue weighted by molar-refractivity contribution is 0.122. The maximum atomic E-state index is 15.3. The maximum absolute atomic E-state index is 15.3. The molecule has 41 heavy (non-hydrogen) atoms. The number of H-pyrrole nitrogens is 1. The summed E-state index contributed by atoms with van der Waals surface area (Å²) in [5.74, 6) is 1.48. The fourth-order valence-electron chi connectivity index (χ4n) is 4.21. The molecule has 11 nitrogen and oxygen atoms in total. The third-order valence-electron chi connectivity index (χ3n) is 6.27.